The second kappa shape index (κ2) is 8.43. The number of nitrogens with two attached hydrogens (primary N) is 1. The molecule has 0 saturated carbocycles. The number of carbonyl (C=O) groups is 3. The van der Waals surface area contributed by atoms with Crippen LogP contribution < -0.4 is 16.0 Å². The number of hydrogen-bond acceptors (Lipinski definition) is 7. The first-order valence-corrected chi connectivity index (χ1v) is 11.0. The molecule has 3 aliphatic heterocycles. The standard InChI is InChI=1S/C23H25FN6O3/c24-17-10-16-15(13-30(23(16)33)19-1-2-21(31)27-22(19)32)9-20(17)29-7-5-28(6-8-29)12-14-3-4-26-11-18(14)25/h3-4,9-11,19H,1-2,5-8,12-13,25H2,(H,27,31,32). The Kier molecular flexibility index (Phi) is 5.45. The van der Waals surface area contributed by atoms with Crippen LogP contribution in [0.1, 0.15) is 34.3 Å². The number of anilines is 2. The summed E-state index contributed by atoms with van der Waals surface area (Å²) in [6.07, 6.45) is 3.83. The van der Waals surface area contributed by atoms with Gasteiger partial charge in [0.2, 0.25) is 11.8 Å². The summed E-state index contributed by atoms with van der Waals surface area (Å²) >= 11 is 0. The van der Waals surface area contributed by atoms with E-state index in [-0.39, 0.29) is 36.8 Å². The Bertz CT molecular complexity index is 1130. The summed E-state index contributed by atoms with van der Waals surface area (Å²) in [6, 6.07) is 4.21. The lowest BCUT2D eigenvalue weighted by Crippen LogP contribution is -2.52. The number of amides is 3. The van der Waals surface area contributed by atoms with E-state index in [1.807, 2.05) is 11.0 Å². The Morgan fingerprint density at radius 3 is 2.67 bits per heavy atom. The van der Waals surface area contributed by atoms with Gasteiger partial charge in [0.25, 0.3) is 5.91 Å². The highest BCUT2D eigenvalue weighted by molar-refractivity contribution is 6.05. The van der Waals surface area contributed by atoms with Crippen LogP contribution in [0.25, 0.3) is 0 Å². The molecular formula is C23H25FN6O3. The number of nitrogens with one attached hydrogen (secondary N) is 1. The van der Waals surface area contributed by atoms with E-state index in [1.165, 1.54) is 11.0 Å². The molecule has 1 aromatic carbocycles. The lowest BCUT2D eigenvalue weighted by molar-refractivity contribution is -0.136. The largest absolute Gasteiger partial charge is 0.397 e. The molecule has 2 saturated heterocycles. The fourth-order valence-corrected chi connectivity index (χ4v) is 4.79. The number of nitrogens with zero attached hydrogens (tertiary/aromatic N) is 4. The van der Waals surface area contributed by atoms with Crippen LogP contribution in [0.15, 0.2) is 30.6 Å². The number of halogens is 1. The maximum Gasteiger partial charge on any atom is 0.255 e. The van der Waals surface area contributed by atoms with E-state index in [4.69, 9.17) is 5.73 Å². The van der Waals surface area contributed by atoms with Gasteiger partial charge in [-0.25, -0.2) is 4.39 Å². The predicted octanol–water partition coefficient (Wildman–Crippen LogP) is 0.886. The Hall–Kier alpha value is -3.53. The van der Waals surface area contributed by atoms with Crippen molar-refractivity contribution < 1.29 is 18.8 Å². The molecule has 3 N–H and O–H groups in total. The zero-order valence-corrected chi connectivity index (χ0v) is 18.1. The molecule has 33 heavy (non-hydrogen) atoms. The van der Waals surface area contributed by atoms with Crippen molar-refractivity contribution in [3.8, 4) is 0 Å². The number of nitrogen functional groups attached to an aromatic ring is 1. The van der Waals surface area contributed by atoms with Gasteiger partial charge in [0.1, 0.15) is 11.9 Å². The molecule has 172 valence electrons. The topological polar surface area (TPSA) is 112 Å². The highest BCUT2D eigenvalue weighted by atomic mass is 19.1. The number of imide groups is 1. The predicted molar refractivity (Wildman–Crippen MR) is 119 cm³/mol. The van der Waals surface area contributed by atoms with E-state index in [0.29, 0.717) is 36.6 Å². The zero-order chi connectivity index (χ0) is 23.1. The molecule has 1 aromatic heterocycles. The quantitative estimate of drug-likeness (QED) is 0.663. The first-order valence-electron chi connectivity index (χ1n) is 11.0. The maximum atomic E-state index is 15.0. The fraction of sp³-hybridized carbons (Fsp3) is 0.391. The number of benzene rings is 1. The summed E-state index contributed by atoms with van der Waals surface area (Å²) < 4.78 is 15.0. The zero-order valence-electron chi connectivity index (χ0n) is 18.1. The highest BCUT2D eigenvalue weighted by Crippen LogP contribution is 2.33. The molecule has 10 heteroatoms. The highest BCUT2D eigenvalue weighted by Gasteiger charge is 2.39. The van der Waals surface area contributed by atoms with Crippen LogP contribution in [0.4, 0.5) is 15.8 Å². The van der Waals surface area contributed by atoms with Crippen molar-refractivity contribution in [1.29, 1.82) is 0 Å². The second-order valence-electron chi connectivity index (χ2n) is 8.70. The van der Waals surface area contributed by atoms with E-state index in [1.54, 1.807) is 18.5 Å². The van der Waals surface area contributed by atoms with Crippen LogP contribution in [0, 0.1) is 5.82 Å². The molecule has 0 bridgehead atoms. The molecule has 9 nitrogen and oxygen atoms in total. The molecule has 2 fully saturated rings. The van der Waals surface area contributed by atoms with Gasteiger partial charge in [-0.1, -0.05) is 0 Å². The summed E-state index contributed by atoms with van der Waals surface area (Å²) in [6.45, 7) is 3.73. The molecule has 0 radical (unpaired) electrons. The van der Waals surface area contributed by atoms with Gasteiger partial charge in [-0.2, -0.15) is 0 Å². The number of carbonyl (C=O) groups excluding carboxylic acids is 3. The van der Waals surface area contributed by atoms with Crippen LogP contribution in [0.2, 0.25) is 0 Å². The van der Waals surface area contributed by atoms with Crippen LogP contribution in [-0.4, -0.2) is 64.7 Å². The van der Waals surface area contributed by atoms with E-state index in [0.717, 1.165) is 18.7 Å². The number of aromatic nitrogens is 1. The fourth-order valence-electron chi connectivity index (χ4n) is 4.79. The number of fused-ring (bicyclic) bond motifs is 1. The normalized spacial score (nSPS) is 21.4. The lowest BCUT2D eigenvalue weighted by atomic mass is 10.0. The molecule has 3 aliphatic rings. The molecule has 0 aliphatic carbocycles. The summed E-state index contributed by atoms with van der Waals surface area (Å²) in [7, 11) is 0. The summed E-state index contributed by atoms with van der Waals surface area (Å²) in [5, 5.41) is 2.28. The van der Waals surface area contributed by atoms with Gasteiger partial charge in [0.15, 0.2) is 0 Å². The Morgan fingerprint density at radius 2 is 1.94 bits per heavy atom. The van der Waals surface area contributed by atoms with Gasteiger partial charge in [-0.05, 0) is 35.7 Å². The third-order valence-corrected chi connectivity index (χ3v) is 6.64. The monoisotopic (exact) mass is 452 g/mol. The number of piperidine rings is 1. The van der Waals surface area contributed by atoms with Crippen molar-refractivity contribution in [2.45, 2.75) is 32.0 Å². The van der Waals surface area contributed by atoms with E-state index < -0.39 is 17.8 Å². The number of rotatable bonds is 4. The molecule has 1 unspecified atom stereocenters. The Morgan fingerprint density at radius 1 is 1.15 bits per heavy atom. The first kappa shape index (κ1) is 21.3. The number of hydrogen-bond donors (Lipinski definition) is 2. The smallest absolute Gasteiger partial charge is 0.255 e. The van der Waals surface area contributed by atoms with Crippen LogP contribution in [-0.2, 0) is 22.7 Å². The molecule has 3 amide bonds. The van der Waals surface area contributed by atoms with Crippen molar-refractivity contribution in [2.24, 2.45) is 0 Å². The molecule has 5 rings (SSSR count). The average Bonchev–Trinajstić information content (AvgIpc) is 3.11. The van der Waals surface area contributed by atoms with Crippen LogP contribution in [0.5, 0.6) is 0 Å². The van der Waals surface area contributed by atoms with E-state index >= 15 is 4.39 Å². The molecule has 4 heterocycles. The van der Waals surface area contributed by atoms with Crippen LogP contribution in [0.3, 0.4) is 0 Å². The van der Waals surface area contributed by atoms with Gasteiger partial charge in [-0.3, -0.25) is 29.6 Å². The lowest BCUT2D eigenvalue weighted by Gasteiger charge is -2.36. The van der Waals surface area contributed by atoms with Crippen molar-refractivity contribution in [3.63, 3.8) is 0 Å². The van der Waals surface area contributed by atoms with Crippen molar-refractivity contribution in [2.75, 3.05) is 36.8 Å². The van der Waals surface area contributed by atoms with Crippen molar-refractivity contribution in [1.82, 2.24) is 20.1 Å². The van der Waals surface area contributed by atoms with Crippen LogP contribution >= 0.6 is 0 Å². The summed E-state index contributed by atoms with van der Waals surface area (Å²) in [5.74, 6) is -1.62. The van der Waals surface area contributed by atoms with Gasteiger partial charge in [0.05, 0.1) is 17.6 Å². The number of piperazine rings is 1. The third-order valence-electron chi connectivity index (χ3n) is 6.64. The third kappa shape index (κ3) is 4.02. The van der Waals surface area contributed by atoms with Gasteiger partial charge >= 0.3 is 0 Å². The maximum absolute atomic E-state index is 15.0. The molecule has 2 aromatic rings. The summed E-state index contributed by atoms with van der Waals surface area (Å²) in [5.41, 5.74) is 9.14. The Balaban J connectivity index is 1.27. The van der Waals surface area contributed by atoms with Crippen molar-refractivity contribution in [3.05, 3.63) is 53.1 Å². The minimum absolute atomic E-state index is 0.186. The molecule has 0 spiro atoms. The molecular weight excluding hydrogens is 427 g/mol. The average molecular weight is 452 g/mol. The van der Waals surface area contributed by atoms with Gasteiger partial charge < -0.3 is 15.5 Å². The minimum atomic E-state index is -0.710. The minimum Gasteiger partial charge on any atom is -0.397 e. The first-order chi connectivity index (χ1) is 15.9. The molecule has 1 atom stereocenters. The summed E-state index contributed by atoms with van der Waals surface area (Å²) in [4.78, 5) is 46.2. The SMILES string of the molecule is Nc1cnccc1CN1CCN(c2cc3c(cc2F)C(=O)N(C2CCC(=O)NC2=O)C3)CC1. The van der Waals surface area contributed by atoms with E-state index in [9.17, 15) is 14.4 Å². The van der Waals surface area contributed by atoms with Gasteiger partial charge in [-0.15, -0.1) is 0 Å². The Labute approximate surface area is 190 Å². The van der Waals surface area contributed by atoms with Gasteiger partial charge in [0, 0.05) is 57.4 Å². The number of pyridine rings is 1. The second-order valence-corrected chi connectivity index (χ2v) is 8.70. The van der Waals surface area contributed by atoms with E-state index in [2.05, 4.69) is 15.2 Å². The van der Waals surface area contributed by atoms with Crippen molar-refractivity contribution >= 4 is 29.1 Å².